The van der Waals surface area contributed by atoms with Crippen molar-refractivity contribution in [3.8, 4) is 0 Å². The minimum Gasteiger partial charge on any atom is -0.386 e. The molecule has 0 unspecified atom stereocenters. The maximum Gasteiger partial charge on any atom is 0.227 e. The average Bonchev–Trinajstić information content (AvgIpc) is 2.56. The number of aromatic nitrogens is 2. The van der Waals surface area contributed by atoms with Crippen LogP contribution in [0.3, 0.4) is 0 Å². The molecule has 1 fully saturated rings. The summed E-state index contributed by atoms with van der Waals surface area (Å²) in [6.45, 7) is 6.66. The molecule has 1 aliphatic heterocycles. The maximum absolute atomic E-state index is 12.0. The molecular formula is C12H19N3O2. The quantitative estimate of drug-likeness (QED) is 0.806. The summed E-state index contributed by atoms with van der Waals surface area (Å²) in [4.78, 5) is 13.7. The highest BCUT2D eigenvalue weighted by Gasteiger charge is 2.41. The second-order valence-electron chi connectivity index (χ2n) is 4.92. The van der Waals surface area contributed by atoms with Gasteiger partial charge in [0.05, 0.1) is 30.8 Å². The molecule has 2 N–H and O–H groups in total. The fraction of sp³-hybridized carbons (Fsp3) is 0.667. The molecule has 2 rings (SSSR count). The van der Waals surface area contributed by atoms with E-state index in [1.807, 2.05) is 20.8 Å². The number of likely N-dealkylation sites (tertiary alicyclic amines) is 1. The van der Waals surface area contributed by atoms with Crippen LogP contribution >= 0.6 is 0 Å². The van der Waals surface area contributed by atoms with Gasteiger partial charge in [-0.05, 0) is 20.3 Å². The van der Waals surface area contributed by atoms with Crippen molar-refractivity contribution in [1.29, 1.82) is 0 Å². The lowest BCUT2D eigenvalue weighted by atomic mass is 9.90. The van der Waals surface area contributed by atoms with Gasteiger partial charge in [-0.2, -0.15) is 5.10 Å². The van der Waals surface area contributed by atoms with Gasteiger partial charge in [-0.1, -0.05) is 6.92 Å². The van der Waals surface area contributed by atoms with Crippen LogP contribution in [0.4, 0.5) is 0 Å². The molecule has 0 aliphatic carbocycles. The van der Waals surface area contributed by atoms with E-state index in [1.165, 1.54) is 0 Å². The first-order chi connectivity index (χ1) is 7.95. The first kappa shape index (κ1) is 12.1. The van der Waals surface area contributed by atoms with Crippen molar-refractivity contribution in [3.63, 3.8) is 0 Å². The molecule has 0 spiro atoms. The number of hydrogen-bond donors (Lipinski definition) is 2. The van der Waals surface area contributed by atoms with E-state index in [4.69, 9.17) is 0 Å². The monoisotopic (exact) mass is 237 g/mol. The molecule has 0 radical (unpaired) electrons. The van der Waals surface area contributed by atoms with Crippen LogP contribution in [0.25, 0.3) is 0 Å². The molecule has 2 heterocycles. The summed E-state index contributed by atoms with van der Waals surface area (Å²) in [6, 6.07) is 0. The van der Waals surface area contributed by atoms with E-state index in [1.54, 1.807) is 4.90 Å². The minimum atomic E-state index is -0.657. The summed E-state index contributed by atoms with van der Waals surface area (Å²) in [6.07, 6.45) is 1.06. The van der Waals surface area contributed by atoms with Crippen molar-refractivity contribution in [2.24, 2.45) is 0 Å². The Hall–Kier alpha value is -1.36. The number of β-amino-alcohol motifs (C(OH)–C–C–N with tert-alkyl or cyclic N) is 1. The fourth-order valence-electron chi connectivity index (χ4n) is 2.16. The summed E-state index contributed by atoms with van der Waals surface area (Å²) < 4.78 is 0. The Morgan fingerprint density at radius 1 is 1.53 bits per heavy atom. The molecule has 1 saturated heterocycles. The minimum absolute atomic E-state index is 0.0655. The third-order valence-electron chi connectivity index (χ3n) is 3.59. The van der Waals surface area contributed by atoms with E-state index in [2.05, 4.69) is 10.2 Å². The van der Waals surface area contributed by atoms with Gasteiger partial charge >= 0.3 is 0 Å². The summed E-state index contributed by atoms with van der Waals surface area (Å²) in [5.74, 6) is 0.0655. The molecule has 1 aromatic heterocycles. The Labute approximate surface area is 101 Å². The fourth-order valence-corrected chi connectivity index (χ4v) is 2.16. The summed E-state index contributed by atoms with van der Waals surface area (Å²) in [7, 11) is 0. The zero-order chi connectivity index (χ0) is 12.6. The molecule has 17 heavy (non-hydrogen) atoms. The number of rotatable bonds is 3. The predicted octanol–water partition coefficient (Wildman–Crippen LogP) is 0.552. The predicted molar refractivity (Wildman–Crippen MR) is 63.6 cm³/mol. The first-order valence-electron chi connectivity index (χ1n) is 5.96. The molecule has 1 aromatic rings. The van der Waals surface area contributed by atoms with Gasteiger partial charge < -0.3 is 10.0 Å². The molecule has 0 aromatic carbocycles. The van der Waals surface area contributed by atoms with Crippen molar-refractivity contribution >= 4 is 5.91 Å². The van der Waals surface area contributed by atoms with Crippen LogP contribution in [0.1, 0.15) is 30.3 Å². The molecule has 1 amide bonds. The van der Waals surface area contributed by atoms with E-state index < -0.39 is 5.60 Å². The molecular weight excluding hydrogens is 218 g/mol. The second kappa shape index (κ2) is 4.14. The molecule has 0 saturated carbocycles. The Morgan fingerprint density at radius 3 is 2.65 bits per heavy atom. The molecule has 5 heteroatoms. The summed E-state index contributed by atoms with van der Waals surface area (Å²) in [5, 5.41) is 16.8. The zero-order valence-electron chi connectivity index (χ0n) is 10.6. The van der Waals surface area contributed by atoms with Crippen molar-refractivity contribution in [3.05, 3.63) is 17.0 Å². The van der Waals surface area contributed by atoms with E-state index in [-0.39, 0.29) is 5.91 Å². The summed E-state index contributed by atoms with van der Waals surface area (Å²) in [5.41, 5.74) is 2.14. The van der Waals surface area contributed by atoms with Crippen LogP contribution in [-0.2, 0) is 11.2 Å². The van der Waals surface area contributed by atoms with Gasteiger partial charge in [0.1, 0.15) is 0 Å². The van der Waals surface area contributed by atoms with Crippen molar-refractivity contribution in [2.45, 2.75) is 39.2 Å². The number of amides is 1. The number of carbonyl (C=O) groups excluding carboxylic acids is 1. The van der Waals surface area contributed by atoms with Crippen LogP contribution in [-0.4, -0.2) is 44.8 Å². The van der Waals surface area contributed by atoms with Crippen LogP contribution in [0.5, 0.6) is 0 Å². The Balaban J connectivity index is 1.96. The highest BCUT2D eigenvalue weighted by Crippen LogP contribution is 2.25. The number of aryl methyl sites for hydroxylation is 2. The molecule has 1 aliphatic rings. The Bertz CT molecular complexity index is 413. The number of H-pyrrole nitrogens is 1. The number of nitrogens with zero attached hydrogens (tertiary/aromatic N) is 2. The number of nitrogens with one attached hydrogen (secondary N) is 1. The standard InChI is InChI=1S/C12H19N3O2/c1-4-12(17)6-15(7-12)11(16)5-10-8(2)13-14-9(10)3/h17H,4-7H2,1-3H3,(H,13,14). The number of carbonyl (C=O) groups is 1. The van der Waals surface area contributed by atoms with E-state index in [0.717, 1.165) is 17.0 Å². The average molecular weight is 237 g/mol. The smallest absolute Gasteiger partial charge is 0.227 e. The third kappa shape index (κ3) is 2.20. The van der Waals surface area contributed by atoms with E-state index in [9.17, 15) is 9.90 Å². The summed E-state index contributed by atoms with van der Waals surface area (Å²) >= 11 is 0. The first-order valence-corrected chi connectivity index (χ1v) is 5.96. The Morgan fingerprint density at radius 2 is 2.18 bits per heavy atom. The lowest BCUT2D eigenvalue weighted by Crippen LogP contribution is -2.63. The zero-order valence-corrected chi connectivity index (χ0v) is 10.6. The third-order valence-corrected chi connectivity index (χ3v) is 3.59. The molecule has 0 atom stereocenters. The second-order valence-corrected chi connectivity index (χ2v) is 4.92. The van der Waals surface area contributed by atoms with Crippen molar-refractivity contribution < 1.29 is 9.90 Å². The van der Waals surface area contributed by atoms with Crippen molar-refractivity contribution in [2.75, 3.05) is 13.1 Å². The largest absolute Gasteiger partial charge is 0.386 e. The van der Waals surface area contributed by atoms with Gasteiger partial charge in [-0.25, -0.2) is 0 Å². The molecule has 5 nitrogen and oxygen atoms in total. The van der Waals surface area contributed by atoms with Gasteiger partial charge in [0.2, 0.25) is 5.91 Å². The van der Waals surface area contributed by atoms with Crippen LogP contribution in [0.15, 0.2) is 0 Å². The molecule has 94 valence electrons. The normalized spacial score (nSPS) is 18.0. The SMILES string of the molecule is CCC1(O)CN(C(=O)Cc2c(C)n[nH]c2C)C1. The molecule has 0 bridgehead atoms. The number of aliphatic hydroxyl groups is 1. The number of hydrogen-bond acceptors (Lipinski definition) is 3. The lowest BCUT2D eigenvalue weighted by Gasteiger charge is -2.46. The van der Waals surface area contributed by atoms with Gasteiger partial charge in [-0.3, -0.25) is 9.89 Å². The van der Waals surface area contributed by atoms with Crippen LogP contribution in [0.2, 0.25) is 0 Å². The van der Waals surface area contributed by atoms with E-state index >= 15 is 0 Å². The maximum atomic E-state index is 12.0. The topological polar surface area (TPSA) is 69.2 Å². The highest BCUT2D eigenvalue weighted by atomic mass is 16.3. The van der Waals surface area contributed by atoms with Crippen molar-refractivity contribution in [1.82, 2.24) is 15.1 Å². The Kier molecular flexibility index (Phi) is 2.95. The van der Waals surface area contributed by atoms with Gasteiger partial charge in [0.15, 0.2) is 0 Å². The van der Waals surface area contributed by atoms with Crippen LogP contribution in [0, 0.1) is 13.8 Å². The highest BCUT2D eigenvalue weighted by molar-refractivity contribution is 5.80. The van der Waals surface area contributed by atoms with E-state index in [0.29, 0.717) is 25.9 Å². The van der Waals surface area contributed by atoms with Gasteiger partial charge in [0, 0.05) is 11.3 Å². The van der Waals surface area contributed by atoms with Crippen LogP contribution < -0.4 is 0 Å². The van der Waals surface area contributed by atoms with Gasteiger partial charge in [0.25, 0.3) is 0 Å². The van der Waals surface area contributed by atoms with Gasteiger partial charge in [-0.15, -0.1) is 0 Å². The lowest BCUT2D eigenvalue weighted by molar-refractivity contribution is -0.155. The number of aromatic amines is 1.